The second kappa shape index (κ2) is 9.95. The molecule has 0 aromatic heterocycles. The van der Waals surface area contributed by atoms with E-state index < -0.39 is 22.8 Å². The Morgan fingerprint density at radius 3 is 2.13 bits per heavy atom. The van der Waals surface area contributed by atoms with Crippen LogP contribution in [0.5, 0.6) is 0 Å². The summed E-state index contributed by atoms with van der Waals surface area (Å²) in [7, 11) is 0. The minimum atomic E-state index is -0.679. The number of benzene rings is 3. The third kappa shape index (κ3) is 4.38. The Morgan fingerprint density at radius 1 is 0.742 bits per heavy atom. The van der Waals surface area contributed by atoms with Crippen molar-refractivity contribution < 1.29 is 47.6 Å². The third-order valence-corrected chi connectivity index (χ3v) is 9.64. The summed E-state index contributed by atoms with van der Waals surface area (Å²) in [5.41, 5.74) is 11.7. The van der Waals surface area contributed by atoms with Crippen molar-refractivity contribution in [3.63, 3.8) is 0 Å². The van der Waals surface area contributed by atoms with Gasteiger partial charge in [0.05, 0.1) is 0 Å². The van der Waals surface area contributed by atoms with Gasteiger partial charge >= 0.3 is 186 Å². The van der Waals surface area contributed by atoms with E-state index in [9.17, 15) is 0 Å². The van der Waals surface area contributed by atoms with Crippen molar-refractivity contribution >= 4 is 14.4 Å². The largest absolute Gasteiger partial charge is 1.00 e. The first-order chi connectivity index (χ1) is 14.1. The third-order valence-electron chi connectivity index (χ3n) is 6.04. The number of hydrogen-bond donors (Lipinski definition) is 0. The Balaban J connectivity index is 0.00000136. The molecular formula is C28H25Cl2Zr. The van der Waals surface area contributed by atoms with Gasteiger partial charge in [-0.1, -0.05) is 0 Å². The Morgan fingerprint density at radius 2 is 1.39 bits per heavy atom. The number of allylic oxidation sites excluding steroid dienone is 4. The summed E-state index contributed by atoms with van der Waals surface area (Å²) in [4.78, 5) is 0. The quantitative estimate of drug-likeness (QED) is 0.484. The molecule has 0 N–H and O–H groups in total. The van der Waals surface area contributed by atoms with Crippen LogP contribution in [-0.4, -0.2) is 3.21 Å². The molecule has 3 aromatic rings. The first kappa shape index (κ1) is 24.1. The molecule has 2 atom stereocenters. The number of halogens is 2. The van der Waals surface area contributed by atoms with E-state index in [1.54, 1.807) is 14.3 Å². The summed E-state index contributed by atoms with van der Waals surface area (Å²) >= 11 is -0.679. The van der Waals surface area contributed by atoms with E-state index in [4.69, 9.17) is 0 Å². The molecule has 0 nitrogen and oxygen atoms in total. The number of rotatable bonds is 3. The van der Waals surface area contributed by atoms with Crippen molar-refractivity contribution in [2.24, 2.45) is 5.92 Å². The first-order valence-electron chi connectivity index (χ1n) is 10.4. The summed E-state index contributed by atoms with van der Waals surface area (Å²) in [6, 6.07) is 26.9. The van der Waals surface area contributed by atoms with Gasteiger partial charge < -0.3 is 24.8 Å². The predicted octanol–water partition coefficient (Wildman–Crippen LogP) is 1.18. The van der Waals surface area contributed by atoms with Crippen LogP contribution in [0.1, 0.15) is 46.7 Å². The van der Waals surface area contributed by atoms with Crippen LogP contribution in [0, 0.1) is 5.92 Å². The molecule has 2 aliphatic carbocycles. The minimum Gasteiger partial charge on any atom is -1.00 e. The summed E-state index contributed by atoms with van der Waals surface area (Å²) in [5.74, 6) is 0.443. The fourth-order valence-corrected chi connectivity index (χ4v) is 8.33. The monoisotopic (exact) mass is 521 g/mol. The van der Waals surface area contributed by atoms with E-state index in [1.165, 1.54) is 33.4 Å². The van der Waals surface area contributed by atoms with Crippen molar-refractivity contribution in [1.29, 1.82) is 0 Å². The van der Waals surface area contributed by atoms with E-state index >= 15 is 0 Å². The van der Waals surface area contributed by atoms with Gasteiger partial charge in [-0.25, -0.2) is 0 Å². The molecular weight excluding hydrogens is 498 g/mol. The van der Waals surface area contributed by atoms with Crippen molar-refractivity contribution in [3.8, 4) is 11.1 Å². The zero-order valence-electron chi connectivity index (χ0n) is 18.0. The molecule has 0 heterocycles. The molecule has 0 bridgehead atoms. The Labute approximate surface area is 209 Å². The molecule has 0 radical (unpaired) electrons. The standard InChI is InChI=1S/C25H19.C3H6.2ClH.Zr/c1-17-14-20(18-8-3-2-4-9-18)16-24(17)23-13-7-12-22-21-11-6-5-10-19(21)15-25(22)23;1-3-2;;;/h2-17H,1H3;1-2H3;2*1H;/q;;;;+2/p-2. The van der Waals surface area contributed by atoms with Crippen molar-refractivity contribution in [2.45, 2.75) is 24.4 Å². The predicted molar refractivity (Wildman–Crippen MR) is 122 cm³/mol. The molecule has 0 aliphatic heterocycles. The molecule has 2 aliphatic rings. The molecule has 0 saturated heterocycles. The molecule has 155 valence electrons. The van der Waals surface area contributed by atoms with E-state index in [2.05, 4.69) is 106 Å². The van der Waals surface area contributed by atoms with Gasteiger partial charge in [0, 0.05) is 0 Å². The van der Waals surface area contributed by atoms with E-state index in [1.807, 2.05) is 0 Å². The molecule has 2 unspecified atom stereocenters. The summed E-state index contributed by atoms with van der Waals surface area (Å²) in [6.07, 6.45) is 4.86. The molecule has 0 spiro atoms. The summed E-state index contributed by atoms with van der Waals surface area (Å²) in [6.45, 7) is 7.01. The minimum absolute atomic E-state index is 0. The number of hydrogen-bond acceptors (Lipinski definition) is 0. The Hall–Kier alpha value is -1.53. The second-order valence-electron chi connectivity index (χ2n) is 8.31. The van der Waals surface area contributed by atoms with Gasteiger partial charge in [0.25, 0.3) is 0 Å². The van der Waals surface area contributed by atoms with Crippen molar-refractivity contribution in [3.05, 3.63) is 107 Å². The van der Waals surface area contributed by atoms with Crippen molar-refractivity contribution in [2.75, 3.05) is 0 Å². The van der Waals surface area contributed by atoms with Crippen LogP contribution in [0.25, 0.3) is 22.3 Å². The molecule has 0 fully saturated rings. The van der Waals surface area contributed by atoms with Crippen LogP contribution < -0.4 is 24.8 Å². The zero-order valence-corrected chi connectivity index (χ0v) is 22.0. The SMILES string of the molecule is C[C](C)=[Zr+2][CH]1c2ccccc2-c2cccc(C3=CC(c4ccccc4)=CC3C)c21.[Cl-].[Cl-]. The van der Waals surface area contributed by atoms with Crippen LogP contribution in [-0.2, 0) is 22.8 Å². The first-order valence-corrected chi connectivity index (χ1v) is 13.1. The summed E-state index contributed by atoms with van der Waals surface area (Å²) < 4.78 is 2.28. The maximum atomic E-state index is 2.43. The molecule has 3 heteroatoms. The summed E-state index contributed by atoms with van der Waals surface area (Å²) in [5, 5.41) is 0. The van der Waals surface area contributed by atoms with Gasteiger partial charge in [-0.3, -0.25) is 0 Å². The Bertz CT molecular complexity index is 1180. The molecule has 0 amide bonds. The second-order valence-corrected chi connectivity index (χ2v) is 12.9. The fourth-order valence-electron chi connectivity index (χ4n) is 4.79. The van der Waals surface area contributed by atoms with Gasteiger partial charge in [-0.2, -0.15) is 0 Å². The smallest absolute Gasteiger partial charge is 1.00 e. The average Bonchev–Trinajstić information content (AvgIpc) is 3.27. The molecule has 0 saturated carbocycles. The fraction of sp³-hybridized carbons (Fsp3) is 0.179. The van der Waals surface area contributed by atoms with Gasteiger partial charge in [0.15, 0.2) is 0 Å². The maximum absolute atomic E-state index is 2.43. The normalized spacial score (nSPS) is 17.9. The van der Waals surface area contributed by atoms with E-state index in [0.717, 1.165) is 0 Å². The topological polar surface area (TPSA) is 0 Å². The van der Waals surface area contributed by atoms with Crippen LogP contribution in [0.4, 0.5) is 0 Å². The Kier molecular flexibility index (Phi) is 7.74. The van der Waals surface area contributed by atoms with Crippen LogP contribution in [0.15, 0.2) is 84.9 Å². The van der Waals surface area contributed by atoms with E-state index in [-0.39, 0.29) is 24.8 Å². The van der Waals surface area contributed by atoms with Crippen LogP contribution in [0.2, 0.25) is 0 Å². The maximum Gasteiger partial charge on any atom is -1.00 e. The average molecular weight is 524 g/mol. The molecule has 31 heavy (non-hydrogen) atoms. The van der Waals surface area contributed by atoms with Gasteiger partial charge in [-0.05, 0) is 0 Å². The van der Waals surface area contributed by atoms with Gasteiger partial charge in [-0.15, -0.1) is 0 Å². The number of fused-ring (bicyclic) bond motifs is 3. The van der Waals surface area contributed by atoms with E-state index in [0.29, 0.717) is 9.54 Å². The van der Waals surface area contributed by atoms with Crippen molar-refractivity contribution in [1.82, 2.24) is 0 Å². The van der Waals surface area contributed by atoms with Crippen LogP contribution >= 0.6 is 0 Å². The van der Waals surface area contributed by atoms with Crippen LogP contribution in [0.3, 0.4) is 0 Å². The molecule has 5 rings (SSSR count). The van der Waals surface area contributed by atoms with Gasteiger partial charge in [0.2, 0.25) is 0 Å². The van der Waals surface area contributed by atoms with Gasteiger partial charge in [0.1, 0.15) is 0 Å². The molecule has 3 aromatic carbocycles. The zero-order chi connectivity index (χ0) is 20.0.